The van der Waals surface area contributed by atoms with Gasteiger partial charge < -0.3 is 10.5 Å². The summed E-state index contributed by atoms with van der Waals surface area (Å²) < 4.78 is 19.0. The zero-order valence-electron chi connectivity index (χ0n) is 12.7. The fourth-order valence-corrected chi connectivity index (χ4v) is 2.93. The summed E-state index contributed by atoms with van der Waals surface area (Å²) in [6.45, 7) is 1.45. The van der Waals surface area contributed by atoms with Gasteiger partial charge in [0.1, 0.15) is 6.61 Å². The molecule has 3 rings (SSSR count). The first-order chi connectivity index (χ1) is 11.1. The zero-order valence-corrected chi connectivity index (χ0v) is 12.7. The molecule has 0 aliphatic carbocycles. The van der Waals surface area contributed by atoms with Crippen LogP contribution in [0.4, 0.5) is 4.39 Å². The van der Waals surface area contributed by atoms with E-state index in [2.05, 4.69) is 6.07 Å². The molecule has 4 nitrogen and oxygen atoms in total. The van der Waals surface area contributed by atoms with Gasteiger partial charge in [-0.1, -0.05) is 36.4 Å². The first-order valence-electron chi connectivity index (χ1n) is 7.62. The molecule has 2 aromatic carbocycles. The smallest absolute Gasteiger partial charge is 0.235 e. The van der Waals surface area contributed by atoms with Crippen molar-refractivity contribution >= 4 is 5.91 Å². The zero-order chi connectivity index (χ0) is 16.2. The number of halogens is 1. The molecule has 0 spiro atoms. The normalized spacial score (nSPS) is 17.5. The molecular formula is C18H19FN2O2. The van der Waals surface area contributed by atoms with E-state index in [9.17, 15) is 9.18 Å². The van der Waals surface area contributed by atoms with Gasteiger partial charge in [-0.25, -0.2) is 4.39 Å². The highest BCUT2D eigenvalue weighted by molar-refractivity contribution is 5.80. The van der Waals surface area contributed by atoms with Crippen LogP contribution >= 0.6 is 0 Å². The molecular weight excluding hydrogens is 295 g/mol. The second kappa shape index (κ2) is 6.79. The Balaban J connectivity index is 1.66. The van der Waals surface area contributed by atoms with Crippen LogP contribution in [0.3, 0.4) is 0 Å². The van der Waals surface area contributed by atoms with Crippen LogP contribution in [-0.2, 0) is 17.8 Å². The highest BCUT2D eigenvalue weighted by Gasteiger charge is 2.29. The van der Waals surface area contributed by atoms with E-state index in [1.54, 1.807) is 18.2 Å². The number of ether oxygens (including phenoxy) is 1. The molecule has 23 heavy (non-hydrogen) atoms. The minimum absolute atomic E-state index is 0.223. The molecule has 1 amide bonds. The lowest BCUT2D eigenvalue weighted by molar-refractivity contribution is -0.124. The van der Waals surface area contributed by atoms with Gasteiger partial charge in [-0.3, -0.25) is 9.69 Å². The number of benzene rings is 2. The molecule has 1 aliphatic rings. The first-order valence-corrected chi connectivity index (χ1v) is 7.62. The Morgan fingerprint density at radius 3 is 2.61 bits per heavy atom. The summed E-state index contributed by atoms with van der Waals surface area (Å²) in [6.07, 6.45) is 0.602. The number of hydrogen-bond acceptors (Lipinski definition) is 3. The molecule has 0 fully saturated rings. The molecule has 1 heterocycles. The molecule has 2 aromatic rings. The molecule has 5 heteroatoms. The van der Waals surface area contributed by atoms with Crippen molar-refractivity contribution in [1.82, 2.24) is 4.90 Å². The number of carbonyl (C=O) groups excluding carboxylic acids is 1. The number of para-hydroxylation sites is 1. The van der Waals surface area contributed by atoms with E-state index in [0.29, 0.717) is 26.1 Å². The number of primary amides is 1. The van der Waals surface area contributed by atoms with Crippen molar-refractivity contribution in [2.75, 3.05) is 13.2 Å². The number of nitrogens with zero attached hydrogens (tertiary/aromatic N) is 1. The van der Waals surface area contributed by atoms with Crippen LogP contribution in [0, 0.1) is 5.82 Å². The first kappa shape index (κ1) is 15.5. The number of nitrogens with two attached hydrogens (primary N) is 1. The van der Waals surface area contributed by atoms with Crippen LogP contribution in [-0.4, -0.2) is 30.0 Å². The lowest BCUT2D eigenvalue weighted by atomic mass is 9.93. The van der Waals surface area contributed by atoms with E-state index in [-0.39, 0.29) is 23.5 Å². The van der Waals surface area contributed by atoms with Crippen molar-refractivity contribution in [2.45, 2.75) is 19.0 Å². The van der Waals surface area contributed by atoms with Crippen LogP contribution < -0.4 is 10.5 Å². The van der Waals surface area contributed by atoms with Crippen LogP contribution in [0.15, 0.2) is 48.5 Å². The predicted octanol–water partition coefficient (Wildman–Crippen LogP) is 2.12. The lowest BCUT2D eigenvalue weighted by Gasteiger charge is -2.34. The standard InChI is InChI=1S/C18H19FN2O2/c19-15-7-3-4-8-17(15)23-10-9-21-12-14-6-2-1-5-13(14)11-16(21)18(20)22/h1-8,16H,9-12H2,(H2,20,22)/t16-/m0/s1. The lowest BCUT2D eigenvalue weighted by Crippen LogP contribution is -2.49. The minimum atomic E-state index is -0.386. The summed E-state index contributed by atoms with van der Waals surface area (Å²) in [5.41, 5.74) is 7.89. The summed E-state index contributed by atoms with van der Waals surface area (Å²) in [5, 5.41) is 0. The third kappa shape index (κ3) is 3.51. The van der Waals surface area contributed by atoms with Crippen molar-refractivity contribution in [3.8, 4) is 5.75 Å². The van der Waals surface area contributed by atoms with Crippen molar-refractivity contribution in [3.05, 3.63) is 65.5 Å². The second-order valence-electron chi connectivity index (χ2n) is 5.64. The molecule has 0 bridgehead atoms. The maximum atomic E-state index is 13.5. The number of rotatable bonds is 5. The average Bonchev–Trinajstić information content (AvgIpc) is 2.56. The van der Waals surface area contributed by atoms with Gasteiger partial charge in [-0.15, -0.1) is 0 Å². The van der Waals surface area contributed by atoms with Crippen LogP contribution in [0.25, 0.3) is 0 Å². The van der Waals surface area contributed by atoms with Crippen molar-refractivity contribution < 1.29 is 13.9 Å². The molecule has 2 N–H and O–H groups in total. The van der Waals surface area contributed by atoms with Crippen LogP contribution in [0.1, 0.15) is 11.1 Å². The largest absolute Gasteiger partial charge is 0.489 e. The van der Waals surface area contributed by atoms with Gasteiger partial charge in [-0.2, -0.15) is 0 Å². The van der Waals surface area contributed by atoms with Gasteiger partial charge >= 0.3 is 0 Å². The summed E-state index contributed by atoms with van der Waals surface area (Å²) in [6, 6.07) is 14.0. The second-order valence-corrected chi connectivity index (χ2v) is 5.64. The molecule has 1 atom stereocenters. The van der Waals surface area contributed by atoms with Crippen molar-refractivity contribution in [1.29, 1.82) is 0 Å². The average molecular weight is 314 g/mol. The molecule has 0 radical (unpaired) electrons. The third-order valence-electron chi connectivity index (χ3n) is 4.15. The quantitative estimate of drug-likeness (QED) is 0.920. The van der Waals surface area contributed by atoms with Crippen LogP contribution in [0.5, 0.6) is 5.75 Å². The Bertz CT molecular complexity index is 705. The maximum absolute atomic E-state index is 13.5. The number of hydrogen-bond donors (Lipinski definition) is 1. The molecule has 1 aliphatic heterocycles. The molecule has 120 valence electrons. The number of fused-ring (bicyclic) bond motifs is 1. The van der Waals surface area contributed by atoms with E-state index in [1.165, 1.54) is 11.6 Å². The molecule has 0 saturated carbocycles. The van der Waals surface area contributed by atoms with Gasteiger partial charge in [0.15, 0.2) is 11.6 Å². The SMILES string of the molecule is NC(=O)[C@@H]1Cc2ccccc2CN1CCOc1ccccc1F. The number of amides is 1. The van der Waals surface area contributed by atoms with Gasteiger partial charge in [0, 0.05) is 13.1 Å². The molecule has 0 aromatic heterocycles. The van der Waals surface area contributed by atoms with Crippen LogP contribution in [0.2, 0.25) is 0 Å². The molecule has 0 saturated heterocycles. The van der Waals surface area contributed by atoms with E-state index in [4.69, 9.17) is 10.5 Å². The fraction of sp³-hybridized carbons (Fsp3) is 0.278. The monoisotopic (exact) mass is 314 g/mol. The van der Waals surface area contributed by atoms with Gasteiger partial charge in [-0.05, 0) is 29.7 Å². The van der Waals surface area contributed by atoms with Gasteiger partial charge in [0.25, 0.3) is 0 Å². The minimum Gasteiger partial charge on any atom is -0.489 e. The van der Waals surface area contributed by atoms with Gasteiger partial charge in [0.05, 0.1) is 6.04 Å². The van der Waals surface area contributed by atoms with E-state index in [0.717, 1.165) is 5.56 Å². The Morgan fingerprint density at radius 1 is 1.17 bits per heavy atom. The van der Waals surface area contributed by atoms with Crippen molar-refractivity contribution in [3.63, 3.8) is 0 Å². The Hall–Kier alpha value is -2.40. The van der Waals surface area contributed by atoms with E-state index < -0.39 is 0 Å². The highest BCUT2D eigenvalue weighted by atomic mass is 19.1. The Kier molecular flexibility index (Phi) is 4.57. The summed E-state index contributed by atoms with van der Waals surface area (Å²) in [4.78, 5) is 13.7. The topological polar surface area (TPSA) is 55.6 Å². The van der Waals surface area contributed by atoms with Crippen molar-refractivity contribution in [2.24, 2.45) is 5.73 Å². The third-order valence-corrected chi connectivity index (χ3v) is 4.15. The Morgan fingerprint density at radius 2 is 1.87 bits per heavy atom. The van der Waals surface area contributed by atoms with E-state index >= 15 is 0 Å². The predicted molar refractivity (Wildman–Crippen MR) is 85.4 cm³/mol. The van der Waals surface area contributed by atoms with Gasteiger partial charge in [0.2, 0.25) is 5.91 Å². The highest BCUT2D eigenvalue weighted by Crippen LogP contribution is 2.23. The number of carbonyl (C=O) groups is 1. The summed E-state index contributed by atoms with van der Waals surface area (Å²) in [7, 11) is 0. The van der Waals surface area contributed by atoms with E-state index in [1.807, 2.05) is 23.1 Å². The maximum Gasteiger partial charge on any atom is 0.235 e. The summed E-state index contributed by atoms with van der Waals surface area (Å²) >= 11 is 0. The summed E-state index contributed by atoms with van der Waals surface area (Å²) in [5.74, 6) is -0.506. The Labute approximate surface area is 134 Å². The fourth-order valence-electron chi connectivity index (χ4n) is 2.93. The molecule has 0 unspecified atom stereocenters.